The highest BCUT2D eigenvalue weighted by atomic mass is 19.1. The summed E-state index contributed by atoms with van der Waals surface area (Å²) in [7, 11) is 0. The second-order valence-electron chi connectivity index (χ2n) is 6.66. The number of anilines is 1. The number of carbonyl (C=O) groups excluding carboxylic acids is 2. The Hall–Kier alpha value is -1.95. The molecule has 1 fully saturated rings. The summed E-state index contributed by atoms with van der Waals surface area (Å²) >= 11 is 0. The topological polar surface area (TPSA) is 52.7 Å². The molecule has 0 unspecified atom stereocenters. The van der Waals surface area contributed by atoms with E-state index < -0.39 is 5.82 Å². The van der Waals surface area contributed by atoms with Gasteiger partial charge in [-0.15, -0.1) is 0 Å². The van der Waals surface area contributed by atoms with Crippen LogP contribution in [-0.4, -0.2) is 53.8 Å². The lowest BCUT2D eigenvalue weighted by Crippen LogP contribution is -2.54. The monoisotopic (exact) mass is 335 g/mol. The number of rotatable bonds is 5. The predicted octanol–water partition coefficient (Wildman–Crippen LogP) is 2.34. The van der Waals surface area contributed by atoms with Gasteiger partial charge in [0.05, 0.1) is 11.7 Å². The van der Waals surface area contributed by atoms with Crippen LogP contribution in [0.3, 0.4) is 0 Å². The Bertz CT molecular complexity index is 583. The van der Waals surface area contributed by atoms with Crippen molar-refractivity contribution >= 4 is 17.5 Å². The van der Waals surface area contributed by atoms with Crippen molar-refractivity contribution in [2.45, 2.75) is 33.2 Å². The molecule has 1 aliphatic rings. The molecule has 1 aromatic carbocycles. The fraction of sp³-hybridized carbons (Fsp3) is 0.556. The minimum atomic E-state index is -0.442. The molecule has 0 aromatic heterocycles. The largest absolute Gasteiger partial charge is 0.340 e. The molecule has 0 bridgehead atoms. The van der Waals surface area contributed by atoms with Crippen molar-refractivity contribution in [3.63, 3.8) is 0 Å². The van der Waals surface area contributed by atoms with E-state index >= 15 is 0 Å². The summed E-state index contributed by atoms with van der Waals surface area (Å²) in [6, 6.07) is 5.76. The second kappa shape index (κ2) is 8.24. The van der Waals surface area contributed by atoms with E-state index in [1.54, 1.807) is 18.2 Å². The summed E-state index contributed by atoms with van der Waals surface area (Å²) in [5, 5.41) is 2.63. The number of nitrogens with one attached hydrogen (secondary N) is 1. The van der Waals surface area contributed by atoms with Gasteiger partial charge in [-0.2, -0.15) is 0 Å². The molecule has 1 heterocycles. The number of hydrogen-bond donors (Lipinski definition) is 1. The lowest BCUT2D eigenvalue weighted by atomic mass is 10.1. The highest BCUT2D eigenvalue weighted by Gasteiger charge is 2.27. The van der Waals surface area contributed by atoms with E-state index in [0.717, 1.165) is 0 Å². The van der Waals surface area contributed by atoms with Gasteiger partial charge in [-0.3, -0.25) is 14.5 Å². The van der Waals surface area contributed by atoms with Crippen LogP contribution in [0.1, 0.15) is 27.2 Å². The Morgan fingerprint density at radius 1 is 1.12 bits per heavy atom. The number of hydrogen-bond acceptors (Lipinski definition) is 3. The van der Waals surface area contributed by atoms with E-state index in [4.69, 9.17) is 0 Å². The average Bonchev–Trinajstić information content (AvgIpc) is 2.55. The fourth-order valence-corrected chi connectivity index (χ4v) is 2.80. The first kappa shape index (κ1) is 18.4. The summed E-state index contributed by atoms with van der Waals surface area (Å²) < 4.78 is 13.6. The van der Waals surface area contributed by atoms with Gasteiger partial charge in [-0.1, -0.05) is 26.0 Å². The fourth-order valence-electron chi connectivity index (χ4n) is 2.80. The van der Waals surface area contributed by atoms with E-state index in [1.807, 2.05) is 30.6 Å². The number of para-hydroxylation sites is 1. The quantitative estimate of drug-likeness (QED) is 0.899. The van der Waals surface area contributed by atoms with Gasteiger partial charge in [0.2, 0.25) is 11.8 Å². The lowest BCUT2D eigenvalue weighted by Gasteiger charge is -2.37. The first-order valence-corrected chi connectivity index (χ1v) is 8.45. The van der Waals surface area contributed by atoms with Gasteiger partial charge in [0.15, 0.2) is 0 Å². The smallest absolute Gasteiger partial charge is 0.241 e. The van der Waals surface area contributed by atoms with E-state index in [-0.39, 0.29) is 23.5 Å². The molecule has 2 amide bonds. The third-order valence-corrected chi connectivity index (χ3v) is 4.31. The van der Waals surface area contributed by atoms with Crippen LogP contribution in [-0.2, 0) is 9.59 Å². The van der Waals surface area contributed by atoms with E-state index in [0.29, 0.717) is 38.5 Å². The number of amides is 2. The van der Waals surface area contributed by atoms with Crippen molar-refractivity contribution in [1.82, 2.24) is 9.80 Å². The molecule has 5 nitrogen and oxygen atoms in total. The Balaban J connectivity index is 1.86. The van der Waals surface area contributed by atoms with Crippen molar-refractivity contribution in [2.24, 2.45) is 5.92 Å². The predicted molar refractivity (Wildman–Crippen MR) is 92.1 cm³/mol. The first-order valence-electron chi connectivity index (χ1n) is 8.45. The molecule has 0 saturated carbocycles. The van der Waals surface area contributed by atoms with Crippen molar-refractivity contribution in [3.8, 4) is 0 Å². The summed E-state index contributed by atoms with van der Waals surface area (Å²) in [5.41, 5.74) is 0.195. The van der Waals surface area contributed by atoms with Crippen LogP contribution in [0.4, 0.5) is 10.1 Å². The highest BCUT2D eigenvalue weighted by Crippen LogP contribution is 2.15. The van der Waals surface area contributed by atoms with Crippen LogP contribution >= 0.6 is 0 Å². The second-order valence-corrected chi connectivity index (χ2v) is 6.66. The molecule has 1 aliphatic heterocycles. The van der Waals surface area contributed by atoms with Crippen LogP contribution in [0, 0.1) is 11.7 Å². The Morgan fingerprint density at radius 3 is 2.33 bits per heavy atom. The van der Waals surface area contributed by atoms with E-state index in [2.05, 4.69) is 5.32 Å². The third-order valence-electron chi connectivity index (χ3n) is 4.31. The molecule has 0 spiro atoms. The SMILES string of the molecule is CC(C)CC(=O)N1CCN([C@H](C)C(=O)Nc2ccccc2F)CC1. The maximum Gasteiger partial charge on any atom is 0.241 e. The highest BCUT2D eigenvalue weighted by molar-refractivity contribution is 5.94. The van der Waals surface area contributed by atoms with E-state index in [9.17, 15) is 14.0 Å². The number of piperazine rings is 1. The number of nitrogens with zero attached hydrogens (tertiary/aromatic N) is 2. The molecule has 1 N–H and O–H groups in total. The van der Waals surface area contributed by atoms with Crippen molar-refractivity contribution < 1.29 is 14.0 Å². The van der Waals surface area contributed by atoms with Gasteiger partial charge >= 0.3 is 0 Å². The molecule has 2 rings (SSSR count). The average molecular weight is 335 g/mol. The zero-order valence-electron chi connectivity index (χ0n) is 14.6. The van der Waals surface area contributed by atoms with Crippen molar-refractivity contribution in [3.05, 3.63) is 30.1 Å². The molecule has 0 radical (unpaired) electrons. The van der Waals surface area contributed by atoms with Gasteiger partial charge < -0.3 is 10.2 Å². The standard InChI is InChI=1S/C18H26FN3O2/c1-13(2)12-17(23)22-10-8-21(9-11-22)14(3)18(24)20-16-7-5-4-6-15(16)19/h4-7,13-14H,8-12H2,1-3H3,(H,20,24)/t14-/m1/s1. The minimum absolute atomic E-state index is 0.174. The van der Waals surface area contributed by atoms with Crippen LogP contribution in [0.15, 0.2) is 24.3 Å². The molecule has 6 heteroatoms. The zero-order valence-corrected chi connectivity index (χ0v) is 14.6. The van der Waals surface area contributed by atoms with Gasteiger partial charge in [0, 0.05) is 32.6 Å². The minimum Gasteiger partial charge on any atom is -0.340 e. The molecule has 0 aliphatic carbocycles. The van der Waals surface area contributed by atoms with Crippen LogP contribution in [0.25, 0.3) is 0 Å². The van der Waals surface area contributed by atoms with Crippen LogP contribution in [0.5, 0.6) is 0 Å². The molecule has 1 aromatic rings. The van der Waals surface area contributed by atoms with Crippen LogP contribution < -0.4 is 5.32 Å². The van der Waals surface area contributed by atoms with Gasteiger partial charge in [-0.05, 0) is 25.0 Å². The first-order chi connectivity index (χ1) is 11.4. The number of benzene rings is 1. The maximum absolute atomic E-state index is 13.6. The maximum atomic E-state index is 13.6. The Morgan fingerprint density at radius 2 is 1.75 bits per heavy atom. The molecular weight excluding hydrogens is 309 g/mol. The number of carbonyl (C=O) groups is 2. The van der Waals surface area contributed by atoms with Gasteiger partial charge in [0.1, 0.15) is 5.82 Å². The third kappa shape index (κ3) is 4.77. The zero-order chi connectivity index (χ0) is 17.7. The Kier molecular flexibility index (Phi) is 6.31. The molecule has 1 saturated heterocycles. The van der Waals surface area contributed by atoms with Crippen LogP contribution in [0.2, 0.25) is 0 Å². The molecular formula is C18H26FN3O2. The summed E-state index contributed by atoms with van der Waals surface area (Å²) in [4.78, 5) is 28.3. The normalized spacial score (nSPS) is 17.0. The molecule has 24 heavy (non-hydrogen) atoms. The van der Waals surface area contributed by atoms with Gasteiger partial charge in [0.25, 0.3) is 0 Å². The summed E-state index contributed by atoms with van der Waals surface area (Å²) in [6.45, 7) is 8.42. The molecule has 132 valence electrons. The summed E-state index contributed by atoms with van der Waals surface area (Å²) in [6.07, 6.45) is 0.559. The Labute approximate surface area is 142 Å². The van der Waals surface area contributed by atoms with E-state index in [1.165, 1.54) is 6.07 Å². The van der Waals surface area contributed by atoms with Gasteiger partial charge in [-0.25, -0.2) is 4.39 Å². The molecule has 1 atom stereocenters. The lowest BCUT2D eigenvalue weighted by molar-refractivity contribution is -0.134. The van der Waals surface area contributed by atoms with Crippen molar-refractivity contribution in [1.29, 1.82) is 0 Å². The summed E-state index contributed by atoms with van der Waals surface area (Å²) in [5.74, 6) is -0.154. The van der Waals surface area contributed by atoms with Crippen molar-refractivity contribution in [2.75, 3.05) is 31.5 Å². The number of halogens is 1.